The third-order valence-electron chi connectivity index (χ3n) is 3.35. The number of benzene rings is 1. The zero-order chi connectivity index (χ0) is 12.3. The molecule has 2 aromatic rings. The van der Waals surface area contributed by atoms with Gasteiger partial charge in [0, 0.05) is 17.1 Å². The van der Waals surface area contributed by atoms with Gasteiger partial charge in [-0.25, -0.2) is 0 Å². The first-order valence-electron chi connectivity index (χ1n) is 6.24. The molecule has 0 radical (unpaired) electrons. The van der Waals surface area contributed by atoms with Gasteiger partial charge in [-0.2, -0.15) is 0 Å². The lowest BCUT2D eigenvalue weighted by molar-refractivity contribution is 0.147. The van der Waals surface area contributed by atoms with E-state index in [0.717, 1.165) is 29.3 Å². The van der Waals surface area contributed by atoms with Gasteiger partial charge in [-0.05, 0) is 18.4 Å². The van der Waals surface area contributed by atoms with E-state index in [1.165, 1.54) is 0 Å². The van der Waals surface area contributed by atoms with Crippen LogP contribution in [0.2, 0.25) is 0 Å². The molecule has 1 aromatic heterocycles. The Balaban J connectivity index is 2.34. The lowest BCUT2D eigenvalue weighted by atomic mass is 9.95. The van der Waals surface area contributed by atoms with Crippen molar-refractivity contribution in [3.63, 3.8) is 0 Å². The second-order valence-electron chi connectivity index (χ2n) is 4.69. The minimum absolute atomic E-state index is 0.413. The quantitative estimate of drug-likeness (QED) is 0.867. The molecule has 2 nitrogen and oxygen atoms in total. The number of nitrogens with zero attached hydrogens (tertiary/aromatic N) is 1. The normalized spacial score (nSPS) is 14.8. The van der Waals surface area contributed by atoms with Gasteiger partial charge in [0.1, 0.15) is 0 Å². The maximum absolute atomic E-state index is 10.3. The lowest BCUT2D eigenvalue weighted by Crippen LogP contribution is -2.04. The summed E-state index contributed by atoms with van der Waals surface area (Å²) in [6.07, 6.45) is 3.26. The summed E-state index contributed by atoms with van der Waals surface area (Å²) in [7, 11) is 0. The summed E-state index contributed by atoms with van der Waals surface area (Å²) < 4.78 is 0. The largest absolute Gasteiger partial charge is 0.388 e. The van der Waals surface area contributed by atoms with Crippen molar-refractivity contribution >= 4 is 10.9 Å². The van der Waals surface area contributed by atoms with Crippen LogP contribution in [0.4, 0.5) is 0 Å². The summed E-state index contributed by atoms with van der Waals surface area (Å²) in [5.41, 5.74) is 1.87. The topological polar surface area (TPSA) is 33.1 Å². The van der Waals surface area contributed by atoms with Gasteiger partial charge in [0.2, 0.25) is 0 Å². The highest BCUT2D eigenvalue weighted by molar-refractivity contribution is 5.81. The van der Waals surface area contributed by atoms with Crippen LogP contribution < -0.4 is 0 Å². The van der Waals surface area contributed by atoms with Crippen LogP contribution in [0.1, 0.15) is 38.4 Å². The molecule has 0 aliphatic rings. The summed E-state index contributed by atoms with van der Waals surface area (Å²) in [5, 5.41) is 11.4. The summed E-state index contributed by atoms with van der Waals surface area (Å²) in [5.74, 6) is 0.531. The predicted molar refractivity (Wildman–Crippen MR) is 70.8 cm³/mol. The third kappa shape index (κ3) is 2.64. The number of hydrogen-bond donors (Lipinski definition) is 1. The maximum atomic E-state index is 10.3. The van der Waals surface area contributed by atoms with Crippen molar-refractivity contribution in [2.45, 2.75) is 32.8 Å². The first-order valence-corrected chi connectivity index (χ1v) is 6.24. The Labute approximate surface area is 102 Å². The summed E-state index contributed by atoms with van der Waals surface area (Å²) in [4.78, 5) is 4.38. The van der Waals surface area contributed by atoms with Crippen molar-refractivity contribution in [1.82, 2.24) is 4.98 Å². The van der Waals surface area contributed by atoms with E-state index in [9.17, 15) is 5.11 Å². The molecule has 17 heavy (non-hydrogen) atoms. The molecule has 0 bridgehead atoms. The van der Waals surface area contributed by atoms with E-state index in [1.807, 2.05) is 30.3 Å². The molecule has 0 aliphatic heterocycles. The molecule has 1 N–H and O–H groups in total. The molecule has 1 aromatic carbocycles. The van der Waals surface area contributed by atoms with Gasteiger partial charge < -0.3 is 5.11 Å². The lowest BCUT2D eigenvalue weighted by Gasteiger charge is -2.16. The van der Waals surface area contributed by atoms with Crippen molar-refractivity contribution in [3.05, 3.63) is 42.1 Å². The molecule has 2 unspecified atom stereocenters. The molecule has 2 atom stereocenters. The molecule has 0 saturated carbocycles. The van der Waals surface area contributed by atoms with Crippen LogP contribution in [0, 0.1) is 5.92 Å². The number of hydrogen-bond acceptors (Lipinski definition) is 2. The molecule has 90 valence electrons. The van der Waals surface area contributed by atoms with Gasteiger partial charge in [0.25, 0.3) is 0 Å². The highest BCUT2D eigenvalue weighted by Crippen LogP contribution is 2.27. The average molecular weight is 229 g/mol. The Bertz CT molecular complexity index is 490. The smallest absolute Gasteiger partial charge is 0.0813 e. The van der Waals surface area contributed by atoms with Crippen molar-refractivity contribution in [1.29, 1.82) is 0 Å². The molecule has 0 amide bonds. The molecule has 1 heterocycles. The highest BCUT2D eigenvalue weighted by atomic mass is 16.3. The van der Waals surface area contributed by atoms with Crippen LogP contribution in [0.3, 0.4) is 0 Å². The Hall–Kier alpha value is -1.41. The monoisotopic (exact) mass is 229 g/mol. The van der Waals surface area contributed by atoms with E-state index in [4.69, 9.17) is 0 Å². The third-order valence-corrected chi connectivity index (χ3v) is 3.35. The predicted octanol–water partition coefficient (Wildman–Crippen LogP) is 3.70. The fraction of sp³-hybridized carbons (Fsp3) is 0.400. The number of rotatable bonds is 4. The number of fused-ring (bicyclic) bond motifs is 1. The van der Waals surface area contributed by atoms with Crippen LogP contribution >= 0.6 is 0 Å². The summed E-state index contributed by atoms with van der Waals surface area (Å²) in [6, 6.07) is 9.94. The summed E-state index contributed by atoms with van der Waals surface area (Å²) >= 11 is 0. The van der Waals surface area contributed by atoms with Crippen molar-refractivity contribution in [2.75, 3.05) is 0 Å². The van der Waals surface area contributed by atoms with E-state index < -0.39 is 6.10 Å². The molecule has 0 aliphatic carbocycles. The zero-order valence-electron chi connectivity index (χ0n) is 10.4. The van der Waals surface area contributed by atoms with Gasteiger partial charge >= 0.3 is 0 Å². The number of aliphatic hydroxyl groups excluding tert-OH is 1. The second kappa shape index (κ2) is 5.28. The van der Waals surface area contributed by atoms with E-state index in [1.54, 1.807) is 6.20 Å². The molecule has 0 saturated heterocycles. The Morgan fingerprint density at radius 1 is 1.24 bits per heavy atom. The second-order valence-corrected chi connectivity index (χ2v) is 4.69. The van der Waals surface area contributed by atoms with Crippen molar-refractivity contribution in [2.24, 2.45) is 5.92 Å². The summed E-state index contributed by atoms with van der Waals surface area (Å²) in [6.45, 7) is 4.32. The van der Waals surface area contributed by atoms with Crippen LogP contribution in [0.15, 0.2) is 36.5 Å². The van der Waals surface area contributed by atoms with Crippen LogP contribution in [-0.4, -0.2) is 10.1 Å². The maximum Gasteiger partial charge on any atom is 0.0813 e. The molecule has 2 rings (SSSR count). The molecular formula is C15H19NO. The fourth-order valence-corrected chi connectivity index (χ4v) is 2.07. The van der Waals surface area contributed by atoms with Gasteiger partial charge in [0.05, 0.1) is 11.6 Å². The fourth-order valence-electron chi connectivity index (χ4n) is 2.07. The average Bonchev–Trinajstić information content (AvgIpc) is 2.37. The van der Waals surface area contributed by atoms with E-state index >= 15 is 0 Å². The van der Waals surface area contributed by atoms with Crippen LogP contribution in [0.25, 0.3) is 10.9 Å². The number of aromatic nitrogens is 1. The highest BCUT2D eigenvalue weighted by Gasteiger charge is 2.14. The standard InChI is InChI=1S/C15H19NO/c1-3-11(2)10-14(17)13-8-4-6-12-7-5-9-16-15(12)13/h4-9,11,14,17H,3,10H2,1-2H3. The van der Waals surface area contributed by atoms with E-state index in [2.05, 4.69) is 18.8 Å². The molecule has 2 heteroatoms. The van der Waals surface area contributed by atoms with Crippen LogP contribution in [-0.2, 0) is 0 Å². The number of aliphatic hydroxyl groups is 1. The van der Waals surface area contributed by atoms with Gasteiger partial charge in [-0.15, -0.1) is 0 Å². The van der Waals surface area contributed by atoms with Gasteiger partial charge in [-0.3, -0.25) is 4.98 Å². The minimum atomic E-state index is -0.413. The van der Waals surface area contributed by atoms with E-state index in [0.29, 0.717) is 5.92 Å². The Kier molecular flexibility index (Phi) is 3.75. The first kappa shape index (κ1) is 12.1. The molecule has 0 spiro atoms. The molecular weight excluding hydrogens is 210 g/mol. The van der Waals surface area contributed by atoms with Gasteiger partial charge in [-0.1, -0.05) is 44.5 Å². The van der Waals surface area contributed by atoms with Crippen molar-refractivity contribution in [3.8, 4) is 0 Å². The minimum Gasteiger partial charge on any atom is -0.388 e. The van der Waals surface area contributed by atoms with Crippen molar-refractivity contribution < 1.29 is 5.11 Å². The van der Waals surface area contributed by atoms with Crippen LogP contribution in [0.5, 0.6) is 0 Å². The number of pyridine rings is 1. The zero-order valence-corrected chi connectivity index (χ0v) is 10.4. The SMILES string of the molecule is CCC(C)CC(O)c1cccc2cccnc12. The first-order chi connectivity index (χ1) is 8.22. The van der Waals surface area contributed by atoms with Gasteiger partial charge in [0.15, 0.2) is 0 Å². The number of para-hydroxylation sites is 1. The Morgan fingerprint density at radius 3 is 2.76 bits per heavy atom. The Morgan fingerprint density at radius 2 is 2.00 bits per heavy atom. The van der Waals surface area contributed by atoms with E-state index in [-0.39, 0.29) is 0 Å². The molecule has 0 fully saturated rings.